The molecule has 0 fully saturated rings. The Morgan fingerprint density at radius 1 is 0.968 bits per heavy atom. The van der Waals surface area contributed by atoms with Crippen molar-refractivity contribution in [3.8, 4) is 0 Å². The summed E-state index contributed by atoms with van der Waals surface area (Å²) in [5.74, 6) is -0.680. The predicted molar refractivity (Wildman–Crippen MR) is 120 cm³/mol. The lowest BCUT2D eigenvalue weighted by atomic mass is 9.71. The SMILES string of the molecule is CCOC(=O)C=C1CCC(C)(C)c2ccc(N=Nc3ccc(C(=O)OCC)cc3)cc21. The highest BCUT2D eigenvalue weighted by atomic mass is 16.5. The van der Waals surface area contributed by atoms with Crippen molar-refractivity contribution in [1.29, 1.82) is 0 Å². The van der Waals surface area contributed by atoms with E-state index >= 15 is 0 Å². The van der Waals surface area contributed by atoms with E-state index in [4.69, 9.17) is 9.47 Å². The van der Waals surface area contributed by atoms with Crippen molar-refractivity contribution in [2.75, 3.05) is 13.2 Å². The van der Waals surface area contributed by atoms with Crippen LogP contribution in [0.5, 0.6) is 0 Å². The summed E-state index contributed by atoms with van der Waals surface area (Å²) < 4.78 is 10.1. The van der Waals surface area contributed by atoms with Crippen LogP contribution in [0.4, 0.5) is 11.4 Å². The van der Waals surface area contributed by atoms with Crippen molar-refractivity contribution in [1.82, 2.24) is 0 Å². The van der Waals surface area contributed by atoms with Crippen LogP contribution < -0.4 is 0 Å². The fourth-order valence-corrected chi connectivity index (χ4v) is 3.64. The van der Waals surface area contributed by atoms with Gasteiger partial charge < -0.3 is 9.47 Å². The van der Waals surface area contributed by atoms with E-state index in [1.54, 1.807) is 44.2 Å². The number of carbonyl (C=O) groups is 2. The average Bonchev–Trinajstić information content (AvgIpc) is 2.75. The van der Waals surface area contributed by atoms with Gasteiger partial charge in [-0.25, -0.2) is 9.59 Å². The van der Waals surface area contributed by atoms with Gasteiger partial charge in [0.1, 0.15) is 0 Å². The molecule has 0 amide bonds. The van der Waals surface area contributed by atoms with Crippen LogP contribution in [0, 0.1) is 0 Å². The maximum atomic E-state index is 12.0. The van der Waals surface area contributed by atoms with Crippen LogP contribution in [0.2, 0.25) is 0 Å². The summed E-state index contributed by atoms with van der Waals surface area (Å²) in [6.07, 6.45) is 3.35. The fraction of sp³-hybridized carbons (Fsp3) is 0.360. The summed E-state index contributed by atoms with van der Waals surface area (Å²) in [5.41, 5.74) is 4.98. The molecule has 0 bridgehead atoms. The molecule has 31 heavy (non-hydrogen) atoms. The van der Waals surface area contributed by atoms with Crippen LogP contribution in [0.25, 0.3) is 5.57 Å². The first-order chi connectivity index (χ1) is 14.8. The lowest BCUT2D eigenvalue weighted by Gasteiger charge is -2.34. The summed E-state index contributed by atoms with van der Waals surface area (Å²) in [6.45, 7) is 8.67. The molecular weight excluding hydrogens is 392 g/mol. The number of hydrogen-bond donors (Lipinski definition) is 0. The Hall–Kier alpha value is -3.28. The second-order valence-corrected chi connectivity index (χ2v) is 8.00. The Bertz CT molecular complexity index is 1020. The molecule has 2 aromatic carbocycles. The Kier molecular flexibility index (Phi) is 7.00. The number of nitrogens with zero attached hydrogens (tertiary/aromatic N) is 2. The molecule has 0 heterocycles. The Balaban J connectivity index is 1.87. The molecule has 0 saturated carbocycles. The van der Waals surface area contributed by atoms with Gasteiger partial charge in [-0.05, 0) is 85.2 Å². The molecule has 162 valence electrons. The molecular formula is C25H28N2O4. The number of hydrogen-bond acceptors (Lipinski definition) is 6. The van der Waals surface area contributed by atoms with Gasteiger partial charge in [-0.3, -0.25) is 0 Å². The predicted octanol–water partition coefficient (Wildman–Crippen LogP) is 6.30. The van der Waals surface area contributed by atoms with Crippen LogP contribution in [0.1, 0.15) is 62.0 Å². The molecule has 1 aliphatic rings. The number of benzene rings is 2. The van der Waals surface area contributed by atoms with E-state index in [1.807, 2.05) is 12.1 Å². The van der Waals surface area contributed by atoms with E-state index in [1.165, 1.54) is 5.56 Å². The smallest absolute Gasteiger partial charge is 0.338 e. The summed E-state index contributed by atoms with van der Waals surface area (Å²) in [7, 11) is 0. The second kappa shape index (κ2) is 9.69. The van der Waals surface area contributed by atoms with Gasteiger partial charge in [-0.1, -0.05) is 19.9 Å². The molecule has 0 N–H and O–H groups in total. The molecule has 0 unspecified atom stereocenters. The molecule has 0 aromatic heterocycles. The highest BCUT2D eigenvalue weighted by Gasteiger charge is 2.30. The lowest BCUT2D eigenvalue weighted by Crippen LogP contribution is -2.23. The number of allylic oxidation sites excluding steroid dienone is 1. The first-order valence-corrected chi connectivity index (χ1v) is 10.5. The van der Waals surface area contributed by atoms with Crippen LogP contribution in [0.15, 0.2) is 58.8 Å². The van der Waals surface area contributed by atoms with Crippen LogP contribution >= 0.6 is 0 Å². The van der Waals surface area contributed by atoms with Crippen molar-refractivity contribution < 1.29 is 19.1 Å². The molecule has 0 spiro atoms. The first kappa shape index (κ1) is 22.4. The monoisotopic (exact) mass is 420 g/mol. The topological polar surface area (TPSA) is 77.3 Å². The molecule has 0 radical (unpaired) electrons. The third kappa shape index (κ3) is 5.45. The van der Waals surface area contributed by atoms with E-state index in [0.29, 0.717) is 30.2 Å². The van der Waals surface area contributed by atoms with E-state index in [-0.39, 0.29) is 17.4 Å². The first-order valence-electron chi connectivity index (χ1n) is 10.5. The minimum Gasteiger partial charge on any atom is -0.463 e. The number of fused-ring (bicyclic) bond motifs is 1. The van der Waals surface area contributed by atoms with Crippen LogP contribution in [-0.4, -0.2) is 25.2 Å². The highest BCUT2D eigenvalue weighted by Crippen LogP contribution is 2.43. The van der Waals surface area contributed by atoms with Crippen LogP contribution in [0.3, 0.4) is 0 Å². The number of azo groups is 1. The van der Waals surface area contributed by atoms with Crippen molar-refractivity contribution in [2.24, 2.45) is 10.2 Å². The highest BCUT2D eigenvalue weighted by molar-refractivity contribution is 5.93. The largest absolute Gasteiger partial charge is 0.463 e. The minimum absolute atomic E-state index is 0.0138. The zero-order valence-electron chi connectivity index (χ0n) is 18.5. The lowest BCUT2D eigenvalue weighted by molar-refractivity contribution is -0.137. The van der Waals surface area contributed by atoms with E-state index in [9.17, 15) is 9.59 Å². The third-order valence-electron chi connectivity index (χ3n) is 5.34. The molecule has 2 aromatic rings. The fourth-order valence-electron chi connectivity index (χ4n) is 3.64. The van der Waals surface area contributed by atoms with Gasteiger partial charge >= 0.3 is 11.9 Å². The number of rotatable bonds is 6. The van der Waals surface area contributed by atoms with E-state index < -0.39 is 0 Å². The number of esters is 2. The summed E-state index contributed by atoms with van der Waals surface area (Å²) in [4.78, 5) is 23.8. The normalized spacial score (nSPS) is 16.2. The molecule has 3 rings (SSSR count). The van der Waals surface area contributed by atoms with E-state index in [2.05, 4.69) is 30.1 Å². The van der Waals surface area contributed by atoms with Gasteiger partial charge in [-0.15, -0.1) is 0 Å². The van der Waals surface area contributed by atoms with Gasteiger partial charge in [0.2, 0.25) is 0 Å². The standard InChI is InChI=1S/C25H28N2O4/c1-5-30-23(28)15-18-13-14-25(3,4)22-12-11-20(16-21(18)22)27-26-19-9-7-17(8-10-19)24(29)31-6-2/h7-12,15-16H,5-6,13-14H2,1-4H3. The number of carbonyl (C=O) groups excluding carboxylic acids is 2. The molecule has 0 atom stereocenters. The van der Waals surface area contributed by atoms with Crippen molar-refractivity contribution in [3.05, 3.63) is 65.2 Å². The second-order valence-electron chi connectivity index (χ2n) is 8.00. The molecule has 1 aliphatic carbocycles. The number of ether oxygens (including phenoxy) is 2. The van der Waals surface area contributed by atoms with Gasteiger partial charge in [-0.2, -0.15) is 10.2 Å². The summed E-state index contributed by atoms with van der Waals surface area (Å²) in [5, 5.41) is 8.64. The molecule has 6 nitrogen and oxygen atoms in total. The summed E-state index contributed by atoms with van der Waals surface area (Å²) >= 11 is 0. The van der Waals surface area contributed by atoms with Crippen molar-refractivity contribution in [3.63, 3.8) is 0 Å². The quantitative estimate of drug-likeness (QED) is 0.312. The van der Waals surface area contributed by atoms with E-state index in [0.717, 1.165) is 24.0 Å². The van der Waals surface area contributed by atoms with Crippen molar-refractivity contribution in [2.45, 2.75) is 46.0 Å². The maximum Gasteiger partial charge on any atom is 0.338 e. The minimum atomic E-state index is -0.357. The average molecular weight is 421 g/mol. The maximum absolute atomic E-state index is 12.0. The molecule has 0 saturated heterocycles. The zero-order valence-corrected chi connectivity index (χ0v) is 18.5. The zero-order chi connectivity index (χ0) is 22.4. The third-order valence-corrected chi connectivity index (χ3v) is 5.34. The van der Waals surface area contributed by atoms with Crippen LogP contribution in [-0.2, 0) is 19.7 Å². The van der Waals surface area contributed by atoms with Gasteiger partial charge in [0.05, 0.1) is 30.2 Å². The Morgan fingerprint density at radius 3 is 2.29 bits per heavy atom. The Labute approximate surface area is 183 Å². The summed E-state index contributed by atoms with van der Waals surface area (Å²) in [6, 6.07) is 12.8. The van der Waals surface area contributed by atoms with Crippen molar-refractivity contribution >= 4 is 28.9 Å². The molecule has 6 heteroatoms. The molecule has 0 aliphatic heterocycles. The van der Waals surface area contributed by atoms with Gasteiger partial charge in [0.15, 0.2) is 0 Å². The van der Waals surface area contributed by atoms with Gasteiger partial charge in [0.25, 0.3) is 0 Å². The Morgan fingerprint density at radius 2 is 1.61 bits per heavy atom. The van der Waals surface area contributed by atoms with Gasteiger partial charge in [0, 0.05) is 6.08 Å².